The number of halogens is 1. The second-order valence-corrected chi connectivity index (χ2v) is 11.2. The molecule has 0 saturated heterocycles. The maximum atomic E-state index is 15.3. The van der Waals surface area contributed by atoms with E-state index in [2.05, 4.69) is 15.3 Å². The maximum absolute atomic E-state index is 15.3. The third-order valence-electron chi connectivity index (χ3n) is 7.32. The van der Waals surface area contributed by atoms with Crippen LogP contribution < -0.4 is 25.1 Å². The quantitative estimate of drug-likeness (QED) is 0.184. The summed E-state index contributed by atoms with van der Waals surface area (Å²) in [5.74, 6) is 1.80. The van der Waals surface area contributed by atoms with Gasteiger partial charge in [0.25, 0.3) is 5.56 Å². The van der Waals surface area contributed by atoms with Gasteiger partial charge in [0.2, 0.25) is 5.91 Å². The third kappa shape index (κ3) is 7.09. The van der Waals surface area contributed by atoms with Crippen LogP contribution in [-0.2, 0) is 18.3 Å². The van der Waals surface area contributed by atoms with Crippen molar-refractivity contribution in [1.82, 2.24) is 19.9 Å². The van der Waals surface area contributed by atoms with Crippen molar-refractivity contribution in [2.24, 2.45) is 7.05 Å². The molecule has 9 nitrogen and oxygen atoms in total. The van der Waals surface area contributed by atoms with Crippen molar-refractivity contribution >= 4 is 28.6 Å². The van der Waals surface area contributed by atoms with Crippen LogP contribution in [0.3, 0.4) is 0 Å². The second-order valence-electron chi connectivity index (χ2n) is 10.2. The summed E-state index contributed by atoms with van der Waals surface area (Å²) < 4.78 is 33.5. The first-order valence-corrected chi connectivity index (χ1v) is 15.6. The van der Waals surface area contributed by atoms with Crippen molar-refractivity contribution in [3.63, 3.8) is 0 Å². The van der Waals surface area contributed by atoms with Gasteiger partial charge in [-0.2, -0.15) is 11.8 Å². The molecule has 0 aliphatic rings. The number of amides is 1. The Labute approximate surface area is 264 Å². The smallest absolute Gasteiger partial charge is 0.256 e. The van der Waals surface area contributed by atoms with Crippen molar-refractivity contribution in [2.75, 3.05) is 26.2 Å². The average molecular weight is 629 g/mol. The van der Waals surface area contributed by atoms with Gasteiger partial charge in [-0.1, -0.05) is 36.4 Å². The molecular formula is C34H33FN4O5S. The molecule has 0 bridgehead atoms. The van der Waals surface area contributed by atoms with Crippen LogP contribution in [0.1, 0.15) is 35.0 Å². The van der Waals surface area contributed by atoms with E-state index in [9.17, 15) is 9.59 Å². The van der Waals surface area contributed by atoms with Crippen LogP contribution in [0.4, 0.5) is 4.39 Å². The van der Waals surface area contributed by atoms with Gasteiger partial charge in [-0.15, -0.1) is 0 Å². The van der Waals surface area contributed by atoms with Crippen LogP contribution >= 0.6 is 11.8 Å². The molecule has 0 radical (unpaired) electrons. The Kier molecular flexibility index (Phi) is 9.99. The van der Waals surface area contributed by atoms with Crippen LogP contribution in [0.2, 0.25) is 0 Å². The van der Waals surface area contributed by atoms with Crippen molar-refractivity contribution in [3.8, 4) is 23.0 Å². The zero-order chi connectivity index (χ0) is 31.9. The van der Waals surface area contributed by atoms with Gasteiger partial charge in [0, 0.05) is 55.1 Å². The Balaban J connectivity index is 1.39. The lowest BCUT2D eigenvalue weighted by Crippen LogP contribution is -2.35. The summed E-state index contributed by atoms with van der Waals surface area (Å²) in [6, 6.07) is 18.5. The van der Waals surface area contributed by atoms with Crippen LogP contribution in [-0.4, -0.2) is 46.7 Å². The summed E-state index contributed by atoms with van der Waals surface area (Å²) in [6.07, 6.45) is 5.51. The van der Waals surface area contributed by atoms with Crippen LogP contribution in [0.15, 0.2) is 83.9 Å². The van der Waals surface area contributed by atoms with E-state index in [-0.39, 0.29) is 23.6 Å². The number of methoxy groups -OCH3 is 2. The van der Waals surface area contributed by atoms with Gasteiger partial charge in [0.1, 0.15) is 17.6 Å². The largest absolute Gasteiger partial charge is 0.493 e. The maximum Gasteiger partial charge on any atom is 0.256 e. The molecule has 0 saturated carbocycles. The number of rotatable bonds is 12. The molecule has 45 heavy (non-hydrogen) atoms. The second kappa shape index (κ2) is 14.3. The monoisotopic (exact) mass is 628 g/mol. The number of hydrogen-bond donors (Lipinski definition) is 1. The number of benzene rings is 3. The van der Waals surface area contributed by atoms with E-state index in [0.717, 1.165) is 5.56 Å². The van der Waals surface area contributed by atoms with Gasteiger partial charge in [-0.3, -0.25) is 19.1 Å². The van der Waals surface area contributed by atoms with E-state index in [1.165, 1.54) is 37.1 Å². The molecule has 232 valence electrons. The fourth-order valence-electron chi connectivity index (χ4n) is 4.98. The first-order valence-electron chi connectivity index (χ1n) is 14.2. The topological polar surface area (TPSA) is 105 Å². The molecule has 0 aliphatic heterocycles. The molecule has 2 heterocycles. The third-order valence-corrected chi connectivity index (χ3v) is 7.94. The molecule has 5 aromatic rings. The Morgan fingerprint density at radius 2 is 1.73 bits per heavy atom. The molecule has 11 heteroatoms. The molecule has 1 N–H and O–H groups in total. The number of pyridine rings is 1. The molecule has 2 aromatic heterocycles. The number of hydrogen-bond acceptors (Lipinski definition) is 8. The summed E-state index contributed by atoms with van der Waals surface area (Å²) in [4.78, 5) is 35.1. The van der Waals surface area contributed by atoms with Gasteiger partial charge >= 0.3 is 0 Å². The summed E-state index contributed by atoms with van der Waals surface area (Å²) in [6.45, 7) is 0. The Morgan fingerprint density at radius 3 is 2.44 bits per heavy atom. The Bertz CT molecular complexity index is 1880. The van der Waals surface area contributed by atoms with E-state index < -0.39 is 11.9 Å². The lowest BCUT2D eigenvalue weighted by atomic mass is 10.0. The summed E-state index contributed by atoms with van der Waals surface area (Å²) in [5, 5.41) is 3.65. The van der Waals surface area contributed by atoms with Crippen LogP contribution in [0.5, 0.6) is 23.0 Å². The summed E-state index contributed by atoms with van der Waals surface area (Å²) in [5.41, 5.74) is 2.08. The van der Waals surface area contributed by atoms with Gasteiger partial charge in [-0.25, -0.2) is 9.37 Å². The molecule has 0 aliphatic carbocycles. The standard InChI is InChI=1S/C34H33FN4O5S/c1-39-33(32(22-8-6-5-7-9-22)38-31(40)13-15-45-4)37-20-23(34(39)41)16-21-10-11-28(25(35)17-21)44-27-12-14-36-26-19-30(43-3)29(42-2)18-24(26)27/h5-12,14,17-20,32H,13,15-16H2,1-4H3,(H,38,40)/t32-/m0/s1. The van der Waals surface area contributed by atoms with E-state index in [1.807, 2.05) is 36.6 Å². The fraction of sp³-hybridized carbons (Fsp3) is 0.235. The highest BCUT2D eigenvalue weighted by molar-refractivity contribution is 7.98. The molecule has 0 unspecified atom stereocenters. The van der Waals surface area contributed by atoms with Gasteiger partial charge in [-0.05, 0) is 41.6 Å². The zero-order valence-corrected chi connectivity index (χ0v) is 26.2. The van der Waals surface area contributed by atoms with Gasteiger partial charge < -0.3 is 19.5 Å². The first-order chi connectivity index (χ1) is 21.8. The van der Waals surface area contributed by atoms with Crippen molar-refractivity contribution in [2.45, 2.75) is 18.9 Å². The Morgan fingerprint density at radius 1 is 0.978 bits per heavy atom. The minimum Gasteiger partial charge on any atom is -0.493 e. The fourth-order valence-corrected chi connectivity index (χ4v) is 5.37. The van der Waals surface area contributed by atoms with E-state index >= 15 is 4.39 Å². The molecular weight excluding hydrogens is 595 g/mol. The van der Waals surface area contributed by atoms with Gasteiger partial charge in [0.15, 0.2) is 23.1 Å². The number of thioether (sulfide) groups is 1. The Hall–Kier alpha value is -4.90. The molecule has 3 aromatic carbocycles. The van der Waals surface area contributed by atoms with E-state index in [0.29, 0.717) is 57.3 Å². The number of nitrogens with zero attached hydrogens (tertiary/aromatic N) is 3. The average Bonchev–Trinajstić information content (AvgIpc) is 3.06. The number of fused-ring (bicyclic) bond motifs is 1. The van der Waals surface area contributed by atoms with Crippen molar-refractivity contribution in [3.05, 3.63) is 118 Å². The molecule has 1 amide bonds. The molecule has 0 spiro atoms. The molecule has 1 atom stereocenters. The van der Waals surface area contributed by atoms with E-state index in [4.69, 9.17) is 14.2 Å². The highest BCUT2D eigenvalue weighted by atomic mass is 32.2. The zero-order valence-electron chi connectivity index (χ0n) is 25.4. The lowest BCUT2D eigenvalue weighted by Gasteiger charge is -2.21. The number of carbonyl (C=O) groups excluding carboxylic acids is 1. The van der Waals surface area contributed by atoms with Crippen LogP contribution in [0, 0.1) is 5.82 Å². The number of ether oxygens (including phenoxy) is 3. The highest BCUT2D eigenvalue weighted by Gasteiger charge is 2.22. The van der Waals surface area contributed by atoms with Crippen molar-refractivity contribution < 1.29 is 23.4 Å². The minimum atomic E-state index is -0.605. The first kappa shape index (κ1) is 31.5. The summed E-state index contributed by atoms with van der Waals surface area (Å²) in [7, 11) is 4.69. The number of carbonyl (C=O) groups is 1. The normalized spacial score (nSPS) is 11.7. The predicted molar refractivity (Wildman–Crippen MR) is 173 cm³/mol. The number of aromatic nitrogens is 3. The highest BCUT2D eigenvalue weighted by Crippen LogP contribution is 2.37. The predicted octanol–water partition coefficient (Wildman–Crippen LogP) is 5.83. The van der Waals surface area contributed by atoms with Crippen LogP contribution in [0.25, 0.3) is 10.9 Å². The molecule has 0 fully saturated rings. The van der Waals surface area contributed by atoms with E-state index in [1.54, 1.807) is 49.3 Å². The number of nitrogens with one attached hydrogen (secondary N) is 1. The van der Waals surface area contributed by atoms with Crippen molar-refractivity contribution in [1.29, 1.82) is 0 Å². The minimum absolute atomic E-state index is 0.0188. The summed E-state index contributed by atoms with van der Waals surface area (Å²) >= 11 is 1.58. The SMILES string of the molecule is COc1cc2nccc(Oc3ccc(Cc4cnc([C@@H](NC(=O)CCSC)c5ccccc5)n(C)c4=O)cc3F)c2cc1OC. The van der Waals surface area contributed by atoms with Gasteiger partial charge in [0.05, 0.1) is 19.7 Å². The lowest BCUT2D eigenvalue weighted by molar-refractivity contribution is -0.121. The molecule has 5 rings (SSSR count).